The molecule has 2 heterocycles. The standard InChI is InChI=1S/C14H27N3O3S/c18-14(17-10-3-4-11-17)6-9-16-21(19,20)12-7-13-5-1-2-8-15-13/h13,15-16H,1-12H2. The number of carbonyl (C=O) groups excluding carboxylic acids is 1. The van der Waals surface area contributed by atoms with Crippen LogP contribution in [-0.2, 0) is 14.8 Å². The molecule has 2 rings (SSSR count). The van der Waals surface area contributed by atoms with Crippen molar-refractivity contribution in [1.82, 2.24) is 14.9 Å². The van der Waals surface area contributed by atoms with Crippen molar-refractivity contribution in [2.45, 2.75) is 51.0 Å². The van der Waals surface area contributed by atoms with Crippen LogP contribution < -0.4 is 10.0 Å². The van der Waals surface area contributed by atoms with Gasteiger partial charge >= 0.3 is 0 Å². The lowest BCUT2D eigenvalue weighted by Crippen LogP contribution is -2.38. The molecule has 0 aromatic rings. The van der Waals surface area contributed by atoms with Gasteiger partial charge in [0.2, 0.25) is 15.9 Å². The zero-order valence-electron chi connectivity index (χ0n) is 12.6. The number of nitrogens with one attached hydrogen (secondary N) is 2. The Hall–Kier alpha value is -0.660. The summed E-state index contributed by atoms with van der Waals surface area (Å²) < 4.78 is 26.4. The lowest BCUT2D eigenvalue weighted by atomic mass is 10.0. The Kier molecular flexibility index (Phi) is 6.44. The van der Waals surface area contributed by atoms with Crippen LogP contribution in [0.3, 0.4) is 0 Å². The fourth-order valence-electron chi connectivity index (χ4n) is 2.98. The minimum atomic E-state index is -3.26. The zero-order valence-corrected chi connectivity index (χ0v) is 13.5. The van der Waals surface area contributed by atoms with E-state index in [1.165, 1.54) is 12.8 Å². The van der Waals surface area contributed by atoms with Crippen molar-refractivity contribution in [3.05, 3.63) is 0 Å². The number of piperidine rings is 1. The predicted molar refractivity (Wildman–Crippen MR) is 82.5 cm³/mol. The molecule has 2 aliphatic rings. The van der Waals surface area contributed by atoms with E-state index in [1.807, 2.05) is 4.90 Å². The SMILES string of the molecule is O=C(CCNS(=O)(=O)CCC1CCCCN1)N1CCCC1. The van der Waals surface area contributed by atoms with Crippen molar-refractivity contribution in [3.8, 4) is 0 Å². The van der Waals surface area contributed by atoms with E-state index in [2.05, 4.69) is 10.0 Å². The van der Waals surface area contributed by atoms with E-state index in [1.54, 1.807) is 0 Å². The molecule has 0 aromatic carbocycles. The summed E-state index contributed by atoms with van der Waals surface area (Å²) in [5.41, 5.74) is 0. The number of amides is 1. The highest BCUT2D eigenvalue weighted by Gasteiger charge is 2.20. The van der Waals surface area contributed by atoms with Crippen LogP contribution in [0, 0.1) is 0 Å². The molecule has 1 atom stereocenters. The van der Waals surface area contributed by atoms with E-state index in [0.717, 1.165) is 38.9 Å². The highest BCUT2D eigenvalue weighted by molar-refractivity contribution is 7.89. The summed E-state index contributed by atoms with van der Waals surface area (Å²) in [4.78, 5) is 13.6. The maximum absolute atomic E-state index is 11.9. The van der Waals surface area contributed by atoms with Crippen molar-refractivity contribution in [3.63, 3.8) is 0 Å². The minimum Gasteiger partial charge on any atom is -0.343 e. The first kappa shape index (κ1) is 16.7. The van der Waals surface area contributed by atoms with Crippen LogP contribution in [-0.4, -0.2) is 57.2 Å². The van der Waals surface area contributed by atoms with Gasteiger partial charge in [0, 0.05) is 32.1 Å². The molecule has 0 bridgehead atoms. The second kappa shape index (κ2) is 8.10. The summed E-state index contributed by atoms with van der Waals surface area (Å²) in [5, 5.41) is 3.35. The van der Waals surface area contributed by atoms with Crippen molar-refractivity contribution in [2.75, 3.05) is 31.9 Å². The summed E-state index contributed by atoms with van der Waals surface area (Å²) in [5.74, 6) is 0.201. The number of hydrogen-bond acceptors (Lipinski definition) is 4. The van der Waals surface area contributed by atoms with E-state index in [4.69, 9.17) is 0 Å². The van der Waals surface area contributed by atoms with E-state index in [-0.39, 0.29) is 24.6 Å². The lowest BCUT2D eigenvalue weighted by molar-refractivity contribution is -0.129. The Bertz CT molecular complexity index is 427. The molecule has 2 saturated heterocycles. The Labute approximate surface area is 127 Å². The topological polar surface area (TPSA) is 78.5 Å². The molecule has 0 spiro atoms. The number of sulfonamides is 1. The van der Waals surface area contributed by atoms with Crippen molar-refractivity contribution in [1.29, 1.82) is 0 Å². The van der Waals surface area contributed by atoms with Crippen molar-refractivity contribution >= 4 is 15.9 Å². The van der Waals surface area contributed by atoms with Gasteiger partial charge in [0.05, 0.1) is 5.75 Å². The van der Waals surface area contributed by atoms with Gasteiger partial charge in [-0.2, -0.15) is 0 Å². The fraction of sp³-hybridized carbons (Fsp3) is 0.929. The molecule has 0 saturated carbocycles. The molecule has 2 N–H and O–H groups in total. The molecule has 1 unspecified atom stereocenters. The van der Waals surface area contributed by atoms with Crippen LogP contribution in [0.4, 0.5) is 0 Å². The Balaban J connectivity index is 1.62. The van der Waals surface area contributed by atoms with Gasteiger partial charge in [0.1, 0.15) is 0 Å². The van der Waals surface area contributed by atoms with E-state index < -0.39 is 10.0 Å². The molecular weight excluding hydrogens is 290 g/mol. The number of hydrogen-bond donors (Lipinski definition) is 2. The number of nitrogens with zero attached hydrogens (tertiary/aromatic N) is 1. The van der Waals surface area contributed by atoms with Crippen LogP contribution in [0.25, 0.3) is 0 Å². The van der Waals surface area contributed by atoms with Crippen LogP contribution in [0.5, 0.6) is 0 Å². The fourth-order valence-corrected chi connectivity index (χ4v) is 4.13. The van der Waals surface area contributed by atoms with Gasteiger partial charge in [-0.25, -0.2) is 13.1 Å². The summed E-state index contributed by atoms with van der Waals surface area (Å²) in [7, 11) is -3.26. The van der Waals surface area contributed by atoms with Crippen LogP contribution in [0.1, 0.15) is 44.9 Å². The first-order chi connectivity index (χ1) is 10.1. The van der Waals surface area contributed by atoms with Crippen molar-refractivity contribution < 1.29 is 13.2 Å². The number of carbonyl (C=O) groups is 1. The smallest absolute Gasteiger partial charge is 0.223 e. The monoisotopic (exact) mass is 317 g/mol. The molecule has 6 nitrogen and oxygen atoms in total. The molecule has 122 valence electrons. The molecule has 21 heavy (non-hydrogen) atoms. The Morgan fingerprint density at radius 1 is 1.19 bits per heavy atom. The third-order valence-electron chi connectivity index (χ3n) is 4.27. The molecule has 1 amide bonds. The maximum Gasteiger partial charge on any atom is 0.223 e. The molecular formula is C14H27N3O3S. The molecule has 2 fully saturated rings. The largest absolute Gasteiger partial charge is 0.343 e. The summed E-state index contributed by atoms with van der Waals surface area (Å²) in [6.07, 6.45) is 6.45. The van der Waals surface area contributed by atoms with Gasteiger partial charge in [0.15, 0.2) is 0 Å². The third kappa shape index (κ3) is 5.92. The van der Waals surface area contributed by atoms with Crippen molar-refractivity contribution in [2.24, 2.45) is 0 Å². The van der Waals surface area contributed by atoms with E-state index >= 15 is 0 Å². The highest BCUT2D eigenvalue weighted by atomic mass is 32.2. The van der Waals surface area contributed by atoms with Gasteiger partial charge in [0.25, 0.3) is 0 Å². The van der Waals surface area contributed by atoms with Gasteiger partial charge < -0.3 is 10.2 Å². The molecule has 7 heteroatoms. The average molecular weight is 317 g/mol. The van der Waals surface area contributed by atoms with Gasteiger partial charge in [-0.3, -0.25) is 4.79 Å². The summed E-state index contributed by atoms with van der Waals surface area (Å²) in [6.45, 7) is 2.84. The average Bonchev–Trinajstić information content (AvgIpc) is 3.00. The quantitative estimate of drug-likeness (QED) is 0.715. The Morgan fingerprint density at radius 2 is 1.95 bits per heavy atom. The predicted octanol–water partition coefficient (Wildman–Crippen LogP) is 0.451. The summed E-state index contributed by atoms with van der Waals surface area (Å²) in [6, 6.07) is 0.321. The van der Waals surface area contributed by atoms with Gasteiger partial charge in [-0.05, 0) is 38.6 Å². The first-order valence-electron chi connectivity index (χ1n) is 8.05. The molecule has 2 aliphatic heterocycles. The second-order valence-electron chi connectivity index (χ2n) is 5.99. The minimum absolute atomic E-state index is 0.0594. The van der Waals surface area contributed by atoms with E-state index in [0.29, 0.717) is 12.5 Å². The van der Waals surface area contributed by atoms with Gasteiger partial charge in [-0.15, -0.1) is 0 Å². The highest BCUT2D eigenvalue weighted by Crippen LogP contribution is 2.11. The number of likely N-dealkylation sites (tertiary alicyclic amines) is 1. The number of rotatable bonds is 7. The molecule has 0 aliphatic carbocycles. The van der Waals surface area contributed by atoms with E-state index in [9.17, 15) is 13.2 Å². The zero-order chi connectivity index (χ0) is 15.1. The molecule has 0 radical (unpaired) electrons. The normalized spacial score (nSPS) is 23.4. The van der Waals surface area contributed by atoms with Crippen LogP contribution in [0.2, 0.25) is 0 Å². The van der Waals surface area contributed by atoms with Gasteiger partial charge in [-0.1, -0.05) is 6.42 Å². The van der Waals surface area contributed by atoms with Crippen LogP contribution in [0.15, 0.2) is 0 Å². The lowest BCUT2D eigenvalue weighted by Gasteiger charge is -2.23. The third-order valence-corrected chi connectivity index (χ3v) is 5.68. The first-order valence-corrected chi connectivity index (χ1v) is 9.70. The Morgan fingerprint density at radius 3 is 2.62 bits per heavy atom. The maximum atomic E-state index is 11.9. The molecule has 0 aromatic heterocycles. The second-order valence-corrected chi connectivity index (χ2v) is 7.91. The van der Waals surface area contributed by atoms with Crippen LogP contribution >= 0.6 is 0 Å². The summed E-state index contributed by atoms with van der Waals surface area (Å²) >= 11 is 0.